The van der Waals surface area contributed by atoms with Gasteiger partial charge in [0, 0.05) is 4.91 Å². The number of azide groups is 1. The second-order valence-electron chi connectivity index (χ2n) is 28.5. The lowest BCUT2D eigenvalue weighted by atomic mass is 10.1. The lowest BCUT2D eigenvalue weighted by molar-refractivity contribution is -0.0597. The summed E-state index contributed by atoms with van der Waals surface area (Å²) in [5.74, 6) is -0.589. The minimum absolute atomic E-state index is 0.0104. The van der Waals surface area contributed by atoms with E-state index >= 15 is 4.39 Å². The first kappa shape index (κ1) is 93.8. The van der Waals surface area contributed by atoms with Crippen LogP contribution in [0.25, 0.3) is 31.1 Å². The van der Waals surface area contributed by atoms with Crippen LogP contribution in [0.3, 0.4) is 0 Å². The zero-order valence-corrected chi connectivity index (χ0v) is 71.3. The molecule has 129 heavy (non-hydrogen) atoms. The van der Waals surface area contributed by atoms with Gasteiger partial charge in [0.25, 0.3) is 27.8 Å². The van der Waals surface area contributed by atoms with Crippen LogP contribution in [0, 0.1) is 0 Å². The largest absolute Gasteiger partial charge is 0.488 e. The van der Waals surface area contributed by atoms with Crippen LogP contribution in [0.15, 0.2) is 198 Å². The number of rotatable bonds is 19. The van der Waals surface area contributed by atoms with Gasteiger partial charge in [-0.2, -0.15) is 24.9 Å². The number of carbonyl (C=O) groups excluding carboxylic acids is 2. The van der Waals surface area contributed by atoms with Crippen LogP contribution in [0.2, 0.25) is 0 Å². The molecule has 5 fully saturated rings. The van der Waals surface area contributed by atoms with Crippen molar-refractivity contribution in [1.82, 2.24) is 59.0 Å². The Morgan fingerprint density at radius 1 is 0.512 bits per heavy atom. The Bertz CT molecular complexity index is 6450. The number of alkyl halides is 2. The minimum Gasteiger partial charge on any atom is -0.488 e. The molecule has 17 rings (SSSR count). The predicted molar refractivity (Wildman–Crippen MR) is 465 cm³/mol. The first-order valence-corrected chi connectivity index (χ1v) is 41.9. The molecule has 0 saturated carbocycles. The van der Waals surface area contributed by atoms with E-state index < -0.39 is 174 Å². The Morgan fingerprint density at radius 2 is 0.915 bits per heavy atom. The van der Waals surface area contributed by atoms with Gasteiger partial charge in [0.15, 0.2) is 84.4 Å². The quantitative estimate of drug-likeness (QED) is 0.0137. The summed E-state index contributed by atoms with van der Waals surface area (Å²) in [6.45, 7) is 27.8. The fourth-order valence-corrected chi connectivity index (χ4v) is 18.4. The SMILES string of the molecule is C=C(C)O[C@@H]1C(=C)[C@@H](COC(=O)c2ccccc2)O[C@H]1n1c(=O)sc2c(=O)[nH]c(N)nc21.C=C(C)O[C@@H]1[C@@H](F)[C@@H](COC(=O)c2ccccc2)O[C@H]1n1c(=O)sc2c(=O)[nH]c(N)nc21.C=C1Sc2c(nc(N)[nH]c2=O)N1[C@@H]1O[C@H](CO)[C@@H](N=[N+]=[N-])[C@H]1O.C=C1Sc2c(nc(N)[nH]c2=O)N1[C@@H]1O[C@H](CO)[C@H](F)[C@H]1O.C=C1[C@@H](O)[C@H](N2C(=C)Sc3c2nc(N)[nH]c3=O)O[C@@H]1CO. The highest BCUT2D eigenvalue weighted by atomic mass is 32.2. The van der Waals surface area contributed by atoms with Gasteiger partial charge in [0.05, 0.1) is 69.7 Å². The highest BCUT2D eigenvalue weighted by molar-refractivity contribution is 8.04. The first-order valence-electron chi connectivity index (χ1n) is 37.8. The van der Waals surface area contributed by atoms with Crippen molar-refractivity contribution in [3.05, 3.63) is 237 Å². The maximum absolute atomic E-state index is 15.3. The minimum atomic E-state index is -1.78. The monoisotopic (exact) mass is 1880 g/mol. The second kappa shape index (κ2) is 39.0. The molecule has 0 amide bonds. The number of esters is 2. The molecule has 7 aromatic heterocycles. The number of carbonyl (C=O) groups is 2. The van der Waals surface area contributed by atoms with Crippen LogP contribution in [-0.4, -0.2) is 233 Å². The molecule has 682 valence electrons. The number of benzene rings is 2. The Hall–Kier alpha value is -12.9. The summed E-state index contributed by atoms with van der Waals surface area (Å²) < 4.78 is 81.6. The maximum Gasteiger partial charge on any atom is 0.338 e. The van der Waals surface area contributed by atoms with E-state index in [0.717, 1.165) is 39.9 Å². The van der Waals surface area contributed by atoms with Gasteiger partial charge < -0.3 is 102 Å². The number of allylic oxidation sites excluding steroid dienone is 2. The molecule has 18 atom stereocenters. The number of H-pyrrole nitrogens is 5. The molecule has 21 N–H and O–H groups in total. The van der Waals surface area contributed by atoms with Crippen LogP contribution in [0.5, 0.6) is 0 Å². The molecule has 47 nitrogen and oxygen atoms in total. The van der Waals surface area contributed by atoms with E-state index in [0.29, 0.717) is 70.7 Å². The van der Waals surface area contributed by atoms with E-state index in [4.69, 9.17) is 81.9 Å². The fourth-order valence-electron chi connectivity index (χ4n) is 14.0. The van der Waals surface area contributed by atoms with E-state index in [-0.39, 0.29) is 102 Å². The van der Waals surface area contributed by atoms with Crippen molar-refractivity contribution in [3.8, 4) is 0 Å². The van der Waals surface area contributed by atoms with Crippen LogP contribution in [-0.2, 0) is 42.6 Å². The van der Waals surface area contributed by atoms with Gasteiger partial charge in [-0.15, -0.1) is 0 Å². The van der Waals surface area contributed by atoms with E-state index in [1.807, 2.05) is 0 Å². The number of aliphatic hydroxyl groups excluding tert-OH is 6. The van der Waals surface area contributed by atoms with Crippen LogP contribution >= 0.6 is 58.0 Å². The third-order valence-electron chi connectivity index (χ3n) is 19.8. The number of hydrogen-bond donors (Lipinski definition) is 16. The fraction of sp³-hybridized carbons (Fsp3) is 0.333. The van der Waals surface area contributed by atoms with Gasteiger partial charge in [-0.1, -0.05) is 146 Å². The molecule has 5 saturated heterocycles. The number of hydrogen-bond acceptors (Lipinski definition) is 43. The van der Waals surface area contributed by atoms with Gasteiger partial charge in [-0.3, -0.25) is 82.3 Å². The van der Waals surface area contributed by atoms with E-state index in [1.165, 1.54) is 26.2 Å². The zero-order chi connectivity index (χ0) is 93.3. The van der Waals surface area contributed by atoms with Gasteiger partial charge in [-0.25, -0.2) is 18.4 Å². The molecular formula is C75H79F2N23O24S5. The van der Waals surface area contributed by atoms with Gasteiger partial charge in [-0.05, 0) is 54.8 Å². The maximum atomic E-state index is 15.3. The first-order chi connectivity index (χ1) is 61.4. The molecule has 0 spiro atoms. The second-order valence-corrected chi connectivity index (χ2v) is 33.7. The van der Waals surface area contributed by atoms with Crippen molar-refractivity contribution >= 4 is 138 Å². The molecule has 54 heteroatoms. The molecular weight excluding hydrogens is 1810 g/mol. The summed E-state index contributed by atoms with van der Waals surface area (Å²) in [4.78, 5) is 149. The Balaban J connectivity index is 0.000000139. The molecule has 8 aliphatic rings. The number of thioether (sulfide) groups is 3. The molecule has 9 aromatic rings. The number of halogens is 2. The van der Waals surface area contributed by atoms with Crippen molar-refractivity contribution in [1.29, 1.82) is 0 Å². The summed E-state index contributed by atoms with van der Waals surface area (Å²) in [6, 6.07) is 15.7. The van der Waals surface area contributed by atoms with Gasteiger partial charge in [0.2, 0.25) is 29.7 Å². The molecule has 0 unspecified atom stereocenters. The smallest absolute Gasteiger partial charge is 0.338 e. The average molecular weight is 1880 g/mol. The van der Waals surface area contributed by atoms with Crippen LogP contribution in [0.1, 0.15) is 47.0 Å². The van der Waals surface area contributed by atoms with Gasteiger partial charge >= 0.3 is 21.7 Å². The number of fused-ring (bicyclic) bond motifs is 5. The van der Waals surface area contributed by atoms with Crippen molar-refractivity contribution in [2.75, 3.05) is 76.4 Å². The molecule has 0 aliphatic carbocycles. The summed E-state index contributed by atoms with van der Waals surface area (Å²) in [7, 11) is 0. The standard InChI is InChI=1S/C21H20N4O6S.C20H19FN4O6S.C12H14N4O4S.C11H13FN4O4S.C11H13N7O4S/c1-10(2)30-14-11(3)13(9-29-19(27)12-7-5-4-6-8-12)31-18(14)25-16-15(32-21(25)28)17(26)24-20(22)23-16;1-9(2)30-13-12(21)11(8-29-18(27)10-6-4-3-5-7-10)31-17(13)25-15-14(32-20(25)28)16(26)24-19(22)23-15;1-4-6(3-17)20-11(7(4)18)16-5(2)21-8-9(16)14-12(13)15-10(8)19;1-3-16(10-6(18)5(12)4(2-17)20-10)8-7(21-3)9(19)15-11(13)14-8;1-3-18(8-7(23-3)9(21)15-11(12)14-8)10-6(20)5(16-17-13)4(2-19)22-10/h4-8,13-14,18H,1,3,9H2,2H3,(H3,22,23,24,26);3-7,11-13,17H,1,8H2,2H3,(H3,22,23,24,26);6-7,11,17-18H,1-3H2,(H3,13,14,15,19);4-6,10,17-18H,1-2H2,(H3,13,14,15,19);4-6,10,19-20H,1-2H2,(H3,12,14,15,21)/t13-,14-,18-;11-,12+,13-,17-;6-,7-,11-;4-,5+,6-,10-;4-,5-,6-,10-/m11111/s1. The average Bonchev–Trinajstić information content (AvgIpc) is 1.61. The summed E-state index contributed by atoms with van der Waals surface area (Å²) in [6.07, 6.45) is -19.5. The van der Waals surface area contributed by atoms with Crippen LogP contribution < -0.4 is 80.9 Å². The van der Waals surface area contributed by atoms with Crippen molar-refractivity contribution in [3.63, 3.8) is 0 Å². The third kappa shape index (κ3) is 19.0. The highest BCUT2D eigenvalue weighted by Gasteiger charge is 2.54. The van der Waals surface area contributed by atoms with Crippen LogP contribution in [0.4, 0.5) is 56.0 Å². The lowest BCUT2D eigenvalue weighted by Gasteiger charge is -2.28. The Labute approximate surface area is 742 Å². The number of thiazole rings is 2. The lowest BCUT2D eigenvalue weighted by Crippen LogP contribution is -2.42. The summed E-state index contributed by atoms with van der Waals surface area (Å²) in [5, 5.41) is 62.9. The highest BCUT2D eigenvalue weighted by Crippen LogP contribution is 2.50. The molecule has 2 aromatic carbocycles. The van der Waals surface area contributed by atoms with Crippen molar-refractivity contribution < 1.29 is 91.6 Å². The van der Waals surface area contributed by atoms with E-state index in [1.54, 1.807) is 67.6 Å². The number of ether oxygens (including phenoxy) is 9. The molecule has 0 radical (unpaired) electrons. The van der Waals surface area contributed by atoms with E-state index in [2.05, 4.69) is 106 Å². The normalized spacial score (nSPS) is 25.7. The predicted octanol–water partition coefficient (Wildman–Crippen LogP) is 1.71. The number of nitrogen functional groups attached to an aromatic ring is 5. The number of aliphatic hydroxyl groups is 6. The van der Waals surface area contributed by atoms with Gasteiger partial charge in [0.1, 0.15) is 80.0 Å². The number of nitrogens with one attached hydrogen (secondary N) is 5. The Morgan fingerprint density at radius 3 is 1.34 bits per heavy atom. The third-order valence-corrected chi connectivity index (χ3v) is 24.7. The number of aromatic nitrogens is 12. The number of anilines is 8. The van der Waals surface area contributed by atoms with E-state index in [9.17, 15) is 73.1 Å². The molecule has 8 aliphatic heterocycles. The number of aromatic amines is 5. The molecule has 15 heterocycles. The van der Waals surface area contributed by atoms with Crippen molar-refractivity contribution in [2.45, 2.75) is 139 Å². The summed E-state index contributed by atoms with van der Waals surface area (Å²) >= 11 is 4.54. The number of nitrogens with zero attached hydrogens (tertiary/aromatic N) is 13. The number of nitrogens with two attached hydrogens (primary N) is 5. The summed E-state index contributed by atoms with van der Waals surface area (Å²) in [5.41, 5.74) is 35.6. The molecule has 0 bridgehead atoms. The Kier molecular flexibility index (Phi) is 28.3. The topological polar surface area (TPSA) is 700 Å². The van der Waals surface area contributed by atoms with Crippen molar-refractivity contribution in [2.24, 2.45) is 5.11 Å². The zero-order valence-electron chi connectivity index (χ0n) is 67.2.